The summed E-state index contributed by atoms with van der Waals surface area (Å²) < 4.78 is 0. The summed E-state index contributed by atoms with van der Waals surface area (Å²) in [4.78, 5) is 4.38. The number of pyridine rings is 1. The lowest BCUT2D eigenvalue weighted by molar-refractivity contribution is 0.811. The van der Waals surface area contributed by atoms with Gasteiger partial charge in [-0.15, -0.1) is 0 Å². The molecule has 1 rings (SSSR count). The summed E-state index contributed by atoms with van der Waals surface area (Å²) >= 11 is 0. The van der Waals surface area contributed by atoms with Gasteiger partial charge in [-0.25, -0.2) is 0 Å². The van der Waals surface area contributed by atoms with Crippen molar-refractivity contribution in [3.63, 3.8) is 0 Å². The van der Waals surface area contributed by atoms with Gasteiger partial charge in [0.2, 0.25) is 0 Å². The van der Waals surface area contributed by atoms with E-state index in [0.717, 1.165) is 17.0 Å². The molecule has 1 heterocycles. The average Bonchev–Trinajstić information content (AvgIpc) is 2.03. The number of hydrogen-bond donors (Lipinski definition) is 0. The monoisotopic (exact) mass is 174 g/mol. The predicted molar refractivity (Wildman–Crippen MR) is 52.5 cm³/mol. The van der Waals surface area contributed by atoms with Crippen LogP contribution in [0.5, 0.6) is 0 Å². The lowest BCUT2D eigenvalue weighted by Crippen LogP contribution is -1.99. The summed E-state index contributed by atoms with van der Waals surface area (Å²) in [5.41, 5.74) is 3.64. The molecule has 0 N–H and O–H groups in total. The Kier molecular flexibility index (Phi) is 2.67. The highest BCUT2D eigenvalue weighted by Gasteiger charge is 2.07. The van der Waals surface area contributed by atoms with Gasteiger partial charge in [0.1, 0.15) is 6.07 Å². The molecule has 0 saturated carbocycles. The summed E-state index contributed by atoms with van der Waals surface area (Å²) in [6.45, 7) is 8.05. The molecule has 0 fully saturated rings. The zero-order valence-electron chi connectivity index (χ0n) is 8.55. The molecular formula is C11H14N2. The van der Waals surface area contributed by atoms with E-state index in [-0.39, 0.29) is 0 Å². The molecule has 1 aromatic rings. The van der Waals surface area contributed by atoms with Crippen LogP contribution in [-0.4, -0.2) is 4.98 Å². The van der Waals surface area contributed by atoms with Crippen molar-refractivity contribution < 1.29 is 0 Å². The predicted octanol–water partition coefficient (Wildman–Crippen LogP) is 2.69. The van der Waals surface area contributed by atoms with Gasteiger partial charge >= 0.3 is 0 Å². The maximum absolute atomic E-state index is 8.84. The van der Waals surface area contributed by atoms with Crippen molar-refractivity contribution in [3.05, 3.63) is 28.6 Å². The standard InChI is InChI=1S/C11H14N2/c1-7(2)11-5-8(3)10(6-12)9(4)13-11/h5,7H,1-4H3. The van der Waals surface area contributed by atoms with Crippen LogP contribution in [-0.2, 0) is 0 Å². The molecule has 0 atom stereocenters. The molecule has 68 valence electrons. The molecule has 0 radical (unpaired) electrons. The zero-order chi connectivity index (χ0) is 10.0. The fourth-order valence-electron chi connectivity index (χ4n) is 1.33. The first kappa shape index (κ1) is 9.73. The third-order valence-electron chi connectivity index (χ3n) is 2.12. The first-order chi connectivity index (χ1) is 6.06. The van der Waals surface area contributed by atoms with Gasteiger partial charge in [-0.2, -0.15) is 5.26 Å². The molecule has 1 aromatic heterocycles. The molecule has 0 aliphatic heterocycles. The highest BCUT2D eigenvalue weighted by Crippen LogP contribution is 2.17. The van der Waals surface area contributed by atoms with Crippen molar-refractivity contribution in [2.75, 3.05) is 0 Å². The Morgan fingerprint density at radius 3 is 2.38 bits per heavy atom. The van der Waals surface area contributed by atoms with Crippen molar-refractivity contribution in [1.82, 2.24) is 4.98 Å². The van der Waals surface area contributed by atoms with Gasteiger partial charge in [0, 0.05) is 5.69 Å². The molecule has 0 unspecified atom stereocenters. The maximum Gasteiger partial charge on any atom is 0.101 e. The third-order valence-corrected chi connectivity index (χ3v) is 2.12. The minimum Gasteiger partial charge on any atom is -0.257 e. The number of hydrogen-bond acceptors (Lipinski definition) is 2. The van der Waals surface area contributed by atoms with E-state index in [9.17, 15) is 0 Å². The van der Waals surface area contributed by atoms with Gasteiger partial charge in [0.05, 0.1) is 11.3 Å². The Hall–Kier alpha value is -1.36. The van der Waals surface area contributed by atoms with Crippen LogP contribution in [0, 0.1) is 25.2 Å². The van der Waals surface area contributed by atoms with Crippen LogP contribution in [0.4, 0.5) is 0 Å². The Morgan fingerprint density at radius 1 is 1.38 bits per heavy atom. The van der Waals surface area contributed by atoms with Gasteiger partial charge in [0.25, 0.3) is 0 Å². The lowest BCUT2D eigenvalue weighted by Gasteiger charge is -2.08. The summed E-state index contributed by atoms with van der Waals surface area (Å²) in [7, 11) is 0. The second kappa shape index (κ2) is 3.57. The van der Waals surface area contributed by atoms with Crippen LogP contribution in [0.1, 0.15) is 42.3 Å². The van der Waals surface area contributed by atoms with E-state index in [2.05, 4.69) is 24.9 Å². The van der Waals surface area contributed by atoms with Crippen LogP contribution in [0.25, 0.3) is 0 Å². The van der Waals surface area contributed by atoms with Crippen molar-refractivity contribution >= 4 is 0 Å². The Morgan fingerprint density at radius 2 is 2.00 bits per heavy atom. The normalized spacial score (nSPS) is 10.2. The molecule has 13 heavy (non-hydrogen) atoms. The van der Waals surface area contributed by atoms with Crippen LogP contribution >= 0.6 is 0 Å². The largest absolute Gasteiger partial charge is 0.257 e. The van der Waals surface area contributed by atoms with Crippen molar-refractivity contribution in [2.24, 2.45) is 0 Å². The van der Waals surface area contributed by atoms with Crippen LogP contribution in [0.2, 0.25) is 0 Å². The second-order valence-corrected chi connectivity index (χ2v) is 3.59. The minimum absolute atomic E-state index is 0.421. The Bertz CT molecular complexity index is 336. The summed E-state index contributed by atoms with van der Waals surface area (Å²) in [5, 5.41) is 8.84. The van der Waals surface area contributed by atoms with Crippen LogP contribution in [0.15, 0.2) is 6.07 Å². The first-order valence-electron chi connectivity index (χ1n) is 4.44. The zero-order valence-corrected chi connectivity index (χ0v) is 8.55. The van der Waals surface area contributed by atoms with E-state index in [1.165, 1.54) is 0 Å². The fraction of sp³-hybridized carbons (Fsp3) is 0.455. The van der Waals surface area contributed by atoms with Gasteiger partial charge < -0.3 is 0 Å². The molecule has 2 heteroatoms. The molecular weight excluding hydrogens is 160 g/mol. The molecule has 0 aromatic carbocycles. The van der Waals surface area contributed by atoms with E-state index in [1.807, 2.05) is 19.9 Å². The Balaban J connectivity index is 3.30. The number of aromatic nitrogens is 1. The molecule has 2 nitrogen and oxygen atoms in total. The van der Waals surface area contributed by atoms with Gasteiger partial charge in [-0.3, -0.25) is 4.98 Å². The van der Waals surface area contributed by atoms with Gasteiger partial charge in [-0.1, -0.05) is 13.8 Å². The lowest BCUT2D eigenvalue weighted by atomic mass is 10.0. The minimum atomic E-state index is 0.421. The number of rotatable bonds is 1. The third kappa shape index (κ3) is 1.86. The second-order valence-electron chi connectivity index (χ2n) is 3.59. The van der Waals surface area contributed by atoms with Crippen molar-refractivity contribution in [3.8, 4) is 6.07 Å². The van der Waals surface area contributed by atoms with E-state index in [4.69, 9.17) is 5.26 Å². The molecule has 0 bridgehead atoms. The van der Waals surface area contributed by atoms with E-state index in [0.29, 0.717) is 11.5 Å². The van der Waals surface area contributed by atoms with E-state index >= 15 is 0 Å². The molecule has 0 aliphatic carbocycles. The topological polar surface area (TPSA) is 36.7 Å². The number of nitriles is 1. The summed E-state index contributed by atoms with van der Waals surface area (Å²) in [6, 6.07) is 4.16. The molecule has 0 aliphatic rings. The van der Waals surface area contributed by atoms with Crippen molar-refractivity contribution in [2.45, 2.75) is 33.6 Å². The summed E-state index contributed by atoms with van der Waals surface area (Å²) in [6.07, 6.45) is 0. The summed E-state index contributed by atoms with van der Waals surface area (Å²) in [5.74, 6) is 0.421. The highest BCUT2D eigenvalue weighted by molar-refractivity contribution is 5.41. The SMILES string of the molecule is Cc1cc(C(C)C)nc(C)c1C#N. The van der Waals surface area contributed by atoms with Crippen LogP contribution in [0.3, 0.4) is 0 Å². The number of nitrogens with zero attached hydrogens (tertiary/aromatic N) is 2. The smallest absolute Gasteiger partial charge is 0.101 e. The molecule has 0 spiro atoms. The quantitative estimate of drug-likeness (QED) is 0.656. The highest BCUT2D eigenvalue weighted by atomic mass is 14.7. The van der Waals surface area contributed by atoms with Crippen molar-refractivity contribution in [1.29, 1.82) is 5.26 Å². The average molecular weight is 174 g/mol. The first-order valence-corrected chi connectivity index (χ1v) is 4.44. The maximum atomic E-state index is 8.84. The molecule has 0 amide bonds. The van der Waals surface area contributed by atoms with E-state index in [1.54, 1.807) is 0 Å². The van der Waals surface area contributed by atoms with Crippen LogP contribution < -0.4 is 0 Å². The molecule has 0 saturated heterocycles. The van der Waals surface area contributed by atoms with Gasteiger partial charge in [0.15, 0.2) is 0 Å². The Labute approximate surface area is 79.2 Å². The number of aryl methyl sites for hydroxylation is 2. The van der Waals surface area contributed by atoms with Gasteiger partial charge in [-0.05, 0) is 31.4 Å². The fourth-order valence-corrected chi connectivity index (χ4v) is 1.33. The van der Waals surface area contributed by atoms with E-state index < -0.39 is 0 Å².